The average Bonchev–Trinajstić information content (AvgIpc) is 2.74. The summed E-state index contributed by atoms with van der Waals surface area (Å²) in [5, 5.41) is 0. The lowest BCUT2D eigenvalue weighted by molar-refractivity contribution is -0.166. The molecule has 0 unspecified atom stereocenters. The highest BCUT2D eigenvalue weighted by molar-refractivity contribution is 5.74. The van der Waals surface area contributed by atoms with E-state index in [1.54, 1.807) is 7.11 Å². The number of hydrogen-bond acceptors (Lipinski definition) is 5. The molecule has 2 aromatic carbocycles. The van der Waals surface area contributed by atoms with Crippen LogP contribution in [0.25, 0.3) is 0 Å². The summed E-state index contributed by atoms with van der Waals surface area (Å²) in [6.07, 6.45) is 0.788. The van der Waals surface area contributed by atoms with Gasteiger partial charge in [0.1, 0.15) is 5.75 Å². The summed E-state index contributed by atoms with van der Waals surface area (Å²) in [7, 11) is 1.68. The van der Waals surface area contributed by atoms with Crippen LogP contribution in [-0.4, -0.2) is 50.9 Å². The third-order valence-corrected chi connectivity index (χ3v) is 6.34. The molecule has 0 saturated carbocycles. The Morgan fingerprint density at radius 1 is 1.14 bits per heavy atom. The van der Waals surface area contributed by atoms with Crippen molar-refractivity contribution in [3.8, 4) is 5.75 Å². The van der Waals surface area contributed by atoms with Gasteiger partial charge in [0.05, 0.1) is 38.4 Å². The quantitative estimate of drug-likeness (QED) is 0.700. The van der Waals surface area contributed by atoms with Crippen LogP contribution in [0.1, 0.15) is 30.4 Å². The highest BCUT2D eigenvalue weighted by Crippen LogP contribution is 2.43. The van der Waals surface area contributed by atoms with Gasteiger partial charge in [-0.05, 0) is 36.6 Å². The molecule has 0 spiro atoms. The molecule has 0 aromatic heterocycles. The lowest BCUT2D eigenvalue weighted by Crippen LogP contribution is -2.62. The van der Waals surface area contributed by atoms with Gasteiger partial charge in [-0.2, -0.15) is 0 Å². The van der Waals surface area contributed by atoms with Gasteiger partial charge in [0.15, 0.2) is 0 Å². The zero-order valence-corrected chi connectivity index (χ0v) is 17.2. The third-order valence-electron chi connectivity index (χ3n) is 6.34. The van der Waals surface area contributed by atoms with Gasteiger partial charge in [-0.25, -0.2) is 0 Å². The molecule has 0 amide bonds. The number of piperidine rings is 1. The van der Waals surface area contributed by atoms with Crippen LogP contribution >= 0.6 is 0 Å². The maximum absolute atomic E-state index is 12.7. The normalized spacial score (nSPS) is 23.8. The van der Waals surface area contributed by atoms with Gasteiger partial charge in [-0.15, -0.1) is 0 Å². The van der Waals surface area contributed by atoms with Crippen molar-refractivity contribution in [3.63, 3.8) is 0 Å². The van der Waals surface area contributed by atoms with Gasteiger partial charge < -0.3 is 14.2 Å². The van der Waals surface area contributed by atoms with Crippen LogP contribution in [-0.2, 0) is 19.8 Å². The first-order valence-electron chi connectivity index (χ1n) is 10.4. The molecule has 2 aliphatic heterocycles. The average molecular weight is 395 g/mol. The van der Waals surface area contributed by atoms with E-state index < -0.39 is 0 Å². The van der Waals surface area contributed by atoms with Crippen molar-refractivity contribution in [1.82, 2.24) is 4.90 Å². The Morgan fingerprint density at radius 3 is 2.45 bits per heavy atom. The topological polar surface area (TPSA) is 48.0 Å². The summed E-state index contributed by atoms with van der Waals surface area (Å²) in [6, 6.07) is 18.6. The van der Waals surface area contributed by atoms with Crippen molar-refractivity contribution in [1.29, 1.82) is 0 Å². The molecular weight excluding hydrogens is 366 g/mol. The van der Waals surface area contributed by atoms with E-state index in [0.717, 1.165) is 25.3 Å². The number of nitrogens with zero attached hydrogens (tertiary/aromatic N) is 1. The van der Waals surface area contributed by atoms with E-state index in [2.05, 4.69) is 29.2 Å². The summed E-state index contributed by atoms with van der Waals surface area (Å²) >= 11 is 0. The van der Waals surface area contributed by atoms with Crippen molar-refractivity contribution in [2.24, 2.45) is 5.92 Å². The number of carbonyl (C=O) groups excluding carboxylic acids is 1. The molecule has 0 aliphatic carbocycles. The Kier molecular flexibility index (Phi) is 5.88. The van der Waals surface area contributed by atoms with Gasteiger partial charge in [0, 0.05) is 19.0 Å². The predicted molar refractivity (Wildman–Crippen MR) is 111 cm³/mol. The number of carbonyl (C=O) groups is 1. The Bertz CT molecular complexity index is 817. The molecule has 0 N–H and O–H groups in total. The molecule has 2 aliphatic rings. The van der Waals surface area contributed by atoms with E-state index in [9.17, 15) is 4.79 Å². The molecule has 2 heterocycles. The van der Waals surface area contributed by atoms with E-state index in [4.69, 9.17) is 14.2 Å². The van der Waals surface area contributed by atoms with Crippen LogP contribution in [0.15, 0.2) is 54.6 Å². The summed E-state index contributed by atoms with van der Waals surface area (Å²) in [5.74, 6) is 0.777. The van der Waals surface area contributed by atoms with Crippen molar-refractivity contribution in [3.05, 3.63) is 65.7 Å². The van der Waals surface area contributed by atoms with Crippen LogP contribution in [0.3, 0.4) is 0 Å². The second-order valence-electron chi connectivity index (χ2n) is 7.86. The maximum Gasteiger partial charge on any atom is 0.309 e. The zero-order valence-electron chi connectivity index (χ0n) is 17.2. The minimum Gasteiger partial charge on any atom is -0.497 e. The lowest BCUT2D eigenvalue weighted by atomic mass is 9.76. The fourth-order valence-corrected chi connectivity index (χ4v) is 4.64. The summed E-state index contributed by atoms with van der Waals surface area (Å²) in [5.41, 5.74) is 2.30. The van der Waals surface area contributed by atoms with Crippen LogP contribution in [0.2, 0.25) is 0 Å². The van der Waals surface area contributed by atoms with Crippen LogP contribution < -0.4 is 4.74 Å². The van der Waals surface area contributed by atoms with E-state index in [0.29, 0.717) is 19.8 Å². The fraction of sp³-hybridized carbons (Fsp3) is 0.458. The number of benzene rings is 2. The van der Waals surface area contributed by atoms with Gasteiger partial charge >= 0.3 is 5.97 Å². The maximum atomic E-state index is 12.7. The van der Waals surface area contributed by atoms with Crippen molar-refractivity contribution >= 4 is 5.97 Å². The van der Waals surface area contributed by atoms with Crippen molar-refractivity contribution < 1.29 is 19.0 Å². The molecule has 2 atom stereocenters. The molecular formula is C24H29NO4. The molecule has 0 radical (unpaired) electrons. The van der Waals surface area contributed by atoms with Crippen molar-refractivity contribution in [2.45, 2.75) is 24.8 Å². The number of esters is 1. The van der Waals surface area contributed by atoms with Gasteiger partial charge in [-0.1, -0.05) is 42.5 Å². The number of likely N-dealkylation sites (tertiary alicyclic amines) is 1. The number of rotatable bonds is 6. The number of hydrogen-bond donors (Lipinski definition) is 0. The van der Waals surface area contributed by atoms with E-state index in [-0.39, 0.29) is 23.3 Å². The summed E-state index contributed by atoms with van der Waals surface area (Å²) < 4.78 is 16.4. The molecule has 5 nitrogen and oxygen atoms in total. The zero-order chi connectivity index (χ0) is 20.3. The Labute approximate surface area is 172 Å². The summed E-state index contributed by atoms with van der Waals surface area (Å²) in [6.45, 7) is 5.29. The van der Waals surface area contributed by atoms with Gasteiger partial charge in [-0.3, -0.25) is 9.69 Å². The molecule has 29 heavy (non-hydrogen) atoms. The third kappa shape index (κ3) is 3.77. The molecule has 2 saturated heterocycles. The van der Waals surface area contributed by atoms with Gasteiger partial charge in [0.25, 0.3) is 0 Å². The molecule has 154 valence electrons. The molecule has 5 heteroatoms. The molecule has 4 rings (SSSR count). The lowest BCUT2D eigenvalue weighted by Gasteiger charge is -2.53. The standard InChI is InChI=1S/C24H29NO4/c1-3-29-23(26)21-13-14-25(15-22(21)18-7-5-4-6-8-18)24(16-28-17-24)19-9-11-20(27-2)12-10-19/h4-12,21-22H,3,13-17H2,1-2H3/t21-,22+/m1/s1. The monoisotopic (exact) mass is 395 g/mol. The molecule has 2 fully saturated rings. The Morgan fingerprint density at radius 2 is 1.86 bits per heavy atom. The van der Waals surface area contributed by atoms with Crippen molar-refractivity contribution in [2.75, 3.05) is 40.0 Å². The second kappa shape index (κ2) is 8.56. The SMILES string of the molecule is CCOC(=O)[C@@H]1CCN(C2(c3ccc(OC)cc3)COC2)C[C@H]1c1ccccc1. The first-order valence-corrected chi connectivity index (χ1v) is 10.4. The largest absolute Gasteiger partial charge is 0.497 e. The van der Waals surface area contributed by atoms with E-state index in [1.165, 1.54) is 11.1 Å². The smallest absolute Gasteiger partial charge is 0.309 e. The van der Waals surface area contributed by atoms with Crippen LogP contribution in [0.5, 0.6) is 5.75 Å². The fourth-order valence-electron chi connectivity index (χ4n) is 4.64. The Hall–Kier alpha value is -2.37. The minimum absolute atomic E-state index is 0.0793. The molecule has 2 aromatic rings. The van der Waals surface area contributed by atoms with Crippen LogP contribution in [0, 0.1) is 5.92 Å². The van der Waals surface area contributed by atoms with E-state index in [1.807, 2.05) is 37.3 Å². The highest BCUT2D eigenvalue weighted by atomic mass is 16.5. The Balaban J connectivity index is 1.62. The first kappa shape index (κ1) is 19.9. The first-order chi connectivity index (χ1) is 14.2. The molecule has 0 bridgehead atoms. The highest BCUT2D eigenvalue weighted by Gasteiger charge is 2.49. The summed E-state index contributed by atoms with van der Waals surface area (Å²) in [4.78, 5) is 15.2. The second-order valence-corrected chi connectivity index (χ2v) is 7.86. The minimum atomic E-state index is -0.140. The number of methoxy groups -OCH3 is 1. The van der Waals surface area contributed by atoms with Crippen LogP contribution in [0.4, 0.5) is 0 Å². The van der Waals surface area contributed by atoms with E-state index >= 15 is 0 Å². The predicted octanol–water partition coefficient (Wildman–Crippen LogP) is 3.59. The van der Waals surface area contributed by atoms with Gasteiger partial charge in [0.2, 0.25) is 0 Å². The number of ether oxygens (including phenoxy) is 3.